The number of nitrogen functional groups attached to an aromatic ring is 1. The maximum Gasteiger partial charge on any atom is 0.217 e. The minimum absolute atomic E-state index is 0.124. The maximum absolute atomic E-state index is 10.5. The van der Waals surface area contributed by atoms with Crippen molar-refractivity contribution >= 4 is 23.2 Å². The van der Waals surface area contributed by atoms with E-state index in [1.807, 2.05) is 0 Å². The van der Waals surface area contributed by atoms with Crippen LogP contribution in [0.25, 0.3) is 0 Å². The van der Waals surface area contributed by atoms with Crippen molar-refractivity contribution in [2.45, 2.75) is 6.92 Å². The summed E-state index contributed by atoms with van der Waals surface area (Å²) in [6, 6.07) is 1.64. The first-order valence-electron chi connectivity index (χ1n) is 4.24. The Bertz CT molecular complexity index is 434. The highest BCUT2D eigenvalue weighted by Gasteiger charge is 1.97. The van der Waals surface area contributed by atoms with Gasteiger partial charge in [0.1, 0.15) is 5.15 Å². The highest BCUT2D eigenvalue weighted by Crippen LogP contribution is 2.13. The third-order valence-corrected chi connectivity index (χ3v) is 1.81. The number of hydrogen-bond donors (Lipinski definition) is 2. The van der Waals surface area contributed by atoms with Gasteiger partial charge in [0.2, 0.25) is 5.91 Å². The van der Waals surface area contributed by atoms with Gasteiger partial charge < -0.3 is 11.1 Å². The molecule has 4 nitrogen and oxygen atoms in total. The van der Waals surface area contributed by atoms with Crippen LogP contribution in [0.5, 0.6) is 0 Å². The lowest BCUT2D eigenvalue weighted by molar-refractivity contribution is -0.118. The molecule has 0 aliphatic rings. The number of amides is 1. The van der Waals surface area contributed by atoms with Crippen molar-refractivity contribution in [2.24, 2.45) is 0 Å². The van der Waals surface area contributed by atoms with Gasteiger partial charge in [-0.25, -0.2) is 4.98 Å². The highest BCUT2D eigenvalue weighted by molar-refractivity contribution is 6.30. The summed E-state index contributed by atoms with van der Waals surface area (Å²) in [6.07, 6.45) is 1.46. The van der Waals surface area contributed by atoms with E-state index in [9.17, 15) is 4.79 Å². The molecule has 1 aromatic heterocycles. The molecule has 1 aromatic rings. The summed E-state index contributed by atoms with van der Waals surface area (Å²) in [7, 11) is 0. The van der Waals surface area contributed by atoms with Gasteiger partial charge in [-0.1, -0.05) is 23.4 Å². The number of aromatic nitrogens is 1. The molecule has 3 N–H and O–H groups in total. The average molecular weight is 224 g/mol. The molecule has 0 bridgehead atoms. The lowest BCUT2D eigenvalue weighted by Crippen LogP contribution is -2.19. The topological polar surface area (TPSA) is 68.0 Å². The molecule has 15 heavy (non-hydrogen) atoms. The van der Waals surface area contributed by atoms with Crippen molar-refractivity contribution in [3.8, 4) is 11.8 Å². The van der Waals surface area contributed by atoms with E-state index in [1.54, 1.807) is 6.07 Å². The molecule has 0 saturated carbocycles. The monoisotopic (exact) mass is 223 g/mol. The van der Waals surface area contributed by atoms with Gasteiger partial charge in [0.25, 0.3) is 0 Å². The van der Waals surface area contributed by atoms with E-state index < -0.39 is 0 Å². The molecule has 0 atom stereocenters. The van der Waals surface area contributed by atoms with Gasteiger partial charge in [-0.15, -0.1) is 0 Å². The Balaban J connectivity index is 2.71. The lowest BCUT2D eigenvalue weighted by Gasteiger charge is -1.96. The van der Waals surface area contributed by atoms with Crippen LogP contribution in [-0.2, 0) is 4.79 Å². The van der Waals surface area contributed by atoms with Gasteiger partial charge in [0, 0.05) is 6.92 Å². The van der Waals surface area contributed by atoms with Crippen LogP contribution in [0.4, 0.5) is 5.69 Å². The van der Waals surface area contributed by atoms with Gasteiger partial charge in [-0.3, -0.25) is 4.79 Å². The predicted molar refractivity (Wildman–Crippen MR) is 59.2 cm³/mol. The zero-order chi connectivity index (χ0) is 11.3. The fourth-order valence-corrected chi connectivity index (χ4v) is 1.01. The van der Waals surface area contributed by atoms with Gasteiger partial charge in [-0.05, 0) is 6.07 Å². The molecule has 78 valence electrons. The zero-order valence-corrected chi connectivity index (χ0v) is 8.93. The molecule has 0 unspecified atom stereocenters. The normalized spacial score (nSPS) is 8.93. The van der Waals surface area contributed by atoms with Crippen LogP contribution in [0, 0.1) is 11.8 Å². The number of carbonyl (C=O) groups excluding carboxylic acids is 1. The highest BCUT2D eigenvalue weighted by atomic mass is 35.5. The molecule has 5 heteroatoms. The number of rotatable bonds is 1. The Labute approximate surface area is 92.8 Å². The molecular formula is C10H10ClN3O. The largest absolute Gasteiger partial charge is 0.397 e. The molecule has 0 aliphatic heterocycles. The van der Waals surface area contributed by atoms with Crippen LogP contribution in [-0.4, -0.2) is 17.4 Å². The first kappa shape index (κ1) is 11.3. The SMILES string of the molecule is CC(=O)NCC#Cc1cc(N)cnc1Cl. The summed E-state index contributed by atoms with van der Waals surface area (Å²) in [5.41, 5.74) is 6.58. The molecule has 1 amide bonds. The van der Waals surface area contributed by atoms with E-state index in [0.717, 1.165) is 0 Å². The second-order valence-electron chi connectivity index (χ2n) is 2.82. The van der Waals surface area contributed by atoms with E-state index in [4.69, 9.17) is 17.3 Å². The summed E-state index contributed by atoms with van der Waals surface area (Å²) in [6.45, 7) is 1.71. The van der Waals surface area contributed by atoms with E-state index >= 15 is 0 Å². The second-order valence-corrected chi connectivity index (χ2v) is 3.18. The molecule has 0 saturated heterocycles. The third-order valence-electron chi connectivity index (χ3n) is 1.51. The van der Waals surface area contributed by atoms with Crippen LogP contribution in [0.2, 0.25) is 5.15 Å². The number of anilines is 1. The Kier molecular flexibility index (Phi) is 3.95. The molecule has 0 radical (unpaired) electrons. The van der Waals surface area contributed by atoms with Gasteiger partial charge in [0.15, 0.2) is 0 Å². The predicted octanol–water partition coefficient (Wildman–Crippen LogP) is 0.805. The second kappa shape index (κ2) is 5.23. The molecule has 1 heterocycles. The summed E-state index contributed by atoms with van der Waals surface area (Å²) in [5, 5.41) is 2.85. The Morgan fingerprint density at radius 1 is 1.73 bits per heavy atom. The third kappa shape index (κ3) is 3.88. The number of nitrogens with two attached hydrogens (primary N) is 1. The van der Waals surface area contributed by atoms with Crippen molar-refractivity contribution < 1.29 is 4.79 Å². The first-order valence-corrected chi connectivity index (χ1v) is 4.61. The summed E-state index contributed by atoms with van der Waals surface area (Å²) < 4.78 is 0. The molecule has 0 aromatic carbocycles. The summed E-state index contributed by atoms with van der Waals surface area (Å²) >= 11 is 5.78. The van der Waals surface area contributed by atoms with Gasteiger partial charge >= 0.3 is 0 Å². The Morgan fingerprint density at radius 3 is 3.13 bits per heavy atom. The number of hydrogen-bond acceptors (Lipinski definition) is 3. The molecule has 1 rings (SSSR count). The van der Waals surface area contributed by atoms with Crippen LogP contribution in [0.15, 0.2) is 12.3 Å². The minimum atomic E-state index is -0.124. The zero-order valence-electron chi connectivity index (χ0n) is 8.17. The maximum atomic E-state index is 10.5. The molecular weight excluding hydrogens is 214 g/mol. The van der Waals surface area contributed by atoms with Crippen LogP contribution in [0.1, 0.15) is 12.5 Å². The number of carbonyl (C=O) groups is 1. The van der Waals surface area contributed by atoms with E-state index in [-0.39, 0.29) is 12.5 Å². The number of nitrogens with one attached hydrogen (secondary N) is 1. The molecule has 0 spiro atoms. The molecule has 0 aliphatic carbocycles. The fourth-order valence-electron chi connectivity index (χ4n) is 0.860. The quantitative estimate of drug-likeness (QED) is 0.547. The summed E-state index contributed by atoms with van der Waals surface area (Å²) in [4.78, 5) is 14.4. The van der Waals surface area contributed by atoms with Crippen molar-refractivity contribution in [1.29, 1.82) is 0 Å². The van der Waals surface area contributed by atoms with Crippen LogP contribution >= 0.6 is 11.6 Å². The van der Waals surface area contributed by atoms with Gasteiger partial charge in [-0.2, -0.15) is 0 Å². The Morgan fingerprint density at radius 2 is 2.47 bits per heavy atom. The standard InChI is InChI=1S/C10H10ClN3O/c1-7(15)13-4-2-3-8-5-9(12)6-14-10(8)11/h5-6H,4,12H2,1H3,(H,13,15). The van der Waals surface area contributed by atoms with Crippen LogP contribution < -0.4 is 11.1 Å². The van der Waals surface area contributed by atoms with Crippen molar-refractivity contribution in [3.05, 3.63) is 23.0 Å². The average Bonchev–Trinajstić information content (AvgIpc) is 2.17. The molecule has 0 fully saturated rings. The van der Waals surface area contributed by atoms with Crippen molar-refractivity contribution in [1.82, 2.24) is 10.3 Å². The van der Waals surface area contributed by atoms with E-state index in [0.29, 0.717) is 16.4 Å². The number of pyridine rings is 1. The number of nitrogens with zero attached hydrogens (tertiary/aromatic N) is 1. The lowest BCUT2D eigenvalue weighted by atomic mass is 10.2. The van der Waals surface area contributed by atoms with Gasteiger partial charge in [0.05, 0.1) is 24.0 Å². The summed E-state index contributed by atoms with van der Waals surface area (Å²) in [5.74, 6) is 5.39. The van der Waals surface area contributed by atoms with Crippen LogP contribution in [0.3, 0.4) is 0 Å². The Hall–Kier alpha value is -1.73. The van der Waals surface area contributed by atoms with E-state index in [2.05, 4.69) is 22.1 Å². The minimum Gasteiger partial charge on any atom is -0.397 e. The smallest absolute Gasteiger partial charge is 0.217 e. The van der Waals surface area contributed by atoms with Crippen molar-refractivity contribution in [3.63, 3.8) is 0 Å². The van der Waals surface area contributed by atoms with Crippen molar-refractivity contribution in [2.75, 3.05) is 12.3 Å². The first-order chi connectivity index (χ1) is 7.09. The van der Waals surface area contributed by atoms with E-state index in [1.165, 1.54) is 13.1 Å². The number of halogens is 1. The fraction of sp³-hybridized carbons (Fsp3) is 0.200.